The van der Waals surface area contributed by atoms with Crippen LogP contribution in [0.4, 0.5) is 0 Å². The van der Waals surface area contributed by atoms with Gasteiger partial charge in [-0.3, -0.25) is 9.97 Å². The summed E-state index contributed by atoms with van der Waals surface area (Å²) in [7, 11) is -0.558. The second-order valence-electron chi connectivity index (χ2n) is 33.0. The van der Waals surface area contributed by atoms with Gasteiger partial charge in [-0.25, -0.2) is 29.9 Å². The summed E-state index contributed by atoms with van der Waals surface area (Å²) in [4.78, 5) is 40.0. The predicted octanol–water partition coefficient (Wildman–Crippen LogP) is 29.5. The first-order valence-corrected chi connectivity index (χ1v) is 44.0. The van der Waals surface area contributed by atoms with Gasteiger partial charge in [0, 0.05) is 62.5 Å². The van der Waals surface area contributed by atoms with Crippen molar-refractivity contribution in [3.63, 3.8) is 0 Å². The summed E-state index contributed by atoms with van der Waals surface area (Å²) in [5, 5.41) is 0.654. The molecule has 0 unspecified atom stereocenters. The maximum Gasteiger partial charge on any atom is 0.494 e. The molecule has 12 heteroatoms. The van der Waals surface area contributed by atoms with Crippen LogP contribution in [-0.2, 0) is 9.31 Å². The molecule has 5 heterocycles. The first kappa shape index (κ1) is 83.7. The topological polar surface area (TPSA) is 122 Å². The van der Waals surface area contributed by atoms with Crippen LogP contribution < -0.4 is 5.46 Å². The van der Waals surface area contributed by atoms with Gasteiger partial charge in [0.15, 0.2) is 34.9 Å². The molecule has 0 N–H and O–H groups in total. The molecule has 1 aliphatic rings. The molecule has 20 aromatic rings. The summed E-state index contributed by atoms with van der Waals surface area (Å²) in [6.07, 6.45) is 3.65. The van der Waals surface area contributed by atoms with E-state index in [4.69, 9.17) is 55.8 Å². The minimum Gasteiger partial charge on any atom is -0.399 e. The van der Waals surface area contributed by atoms with Gasteiger partial charge in [-0.2, -0.15) is 0 Å². The number of hydrogen-bond acceptors (Lipinski definition) is 10. The van der Waals surface area contributed by atoms with E-state index in [2.05, 4.69) is 348 Å². The van der Waals surface area contributed by atoms with Gasteiger partial charge in [0.1, 0.15) is 0 Å². The lowest BCUT2D eigenvalue weighted by molar-refractivity contribution is 0.00578. The van der Waals surface area contributed by atoms with E-state index in [0.717, 1.165) is 134 Å². The molecule has 0 radical (unpaired) electrons. The fourth-order valence-electron chi connectivity index (χ4n) is 16.1. The molecular formula is C118H88BClN8O2. The maximum absolute atomic E-state index is 6.57. The van der Waals surface area contributed by atoms with Crippen molar-refractivity contribution in [1.82, 2.24) is 39.9 Å². The lowest BCUT2D eigenvalue weighted by Crippen LogP contribution is -2.41. The van der Waals surface area contributed by atoms with E-state index in [9.17, 15) is 0 Å². The van der Waals surface area contributed by atoms with Crippen LogP contribution in [0, 0.1) is 0 Å². The van der Waals surface area contributed by atoms with E-state index in [0.29, 0.717) is 40.0 Å². The van der Waals surface area contributed by atoms with Gasteiger partial charge < -0.3 is 9.31 Å². The molecule has 1 saturated heterocycles. The molecule has 0 aliphatic carbocycles. The molecule has 622 valence electrons. The highest BCUT2D eigenvalue weighted by Gasteiger charge is 2.52. The summed E-state index contributed by atoms with van der Waals surface area (Å²) >= 11 is 5.89. The van der Waals surface area contributed by atoms with Crippen molar-refractivity contribution >= 4 is 24.2 Å². The molecule has 4 aromatic heterocycles. The molecular weight excluding hydrogens is 1610 g/mol. The van der Waals surface area contributed by atoms with E-state index in [1.807, 2.05) is 140 Å². The lowest BCUT2D eigenvalue weighted by Gasteiger charge is -2.32. The van der Waals surface area contributed by atoms with E-state index in [-0.39, 0.29) is 0 Å². The van der Waals surface area contributed by atoms with E-state index >= 15 is 0 Å². The molecule has 21 rings (SSSR count). The monoisotopic (exact) mass is 1690 g/mol. The molecule has 0 amide bonds. The van der Waals surface area contributed by atoms with E-state index in [1.165, 1.54) is 27.8 Å². The number of benzene rings is 16. The fraction of sp³-hybridized carbons (Fsp3) is 0.0508. The molecule has 16 aromatic carbocycles. The van der Waals surface area contributed by atoms with Gasteiger partial charge >= 0.3 is 7.12 Å². The second kappa shape index (κ2) is 38.1. The van der Waals surface area contributed by atoms with Crippen molar-refractivity contribution in [2.24, 2.45) is 0 Å². The van der Waals surface area contributed by atoms with Crippen LogP contribution in [0.2, 0.25) is 5.02 Å². The number of aromatic nitrogens is 8. The van der Waals surface area contributed by atoms with Crippen molar-refractivity contribution in [1.29, 1.82) is 0 Å². The number of rotatable bonds is 18. The average molecular weight is 1700 g/mol. The normalized spacial score (nSPS) is 12.4. The van der Waals surface area contributed by atoms with Crippen molar-refractivity contribution < 1.29 is 9.31 Å². The van der Waals surface area contributed by atoms with Gasteiger partial charge in [-0.1, -0.05) is 418 Å². The van der Waals surface area contributed by atoms with Crippen LogP contribution in [0.15, 0.2) is 461 Å². The zero-order valence-electron chi connectivity index (χ0n) is 72.2. The molecule has 10 nitrogen and oxygen atoms in total. The molecule has 1 aliphatic heterocycles. The summed E-state index contributed by atoms with van der Waals surface area (Å²) in [6.45, 7) is 8.31. The molecule has 1 fully saturated rings. The van der Waals surface area contributed by atoms with Crippen LogP contribution in [0.1, 0.15) is 27.7 Å². The number of hydrogen-bond donors (Lipinski definition) is 0. The third-order valence-electron chi connectivity index (χ3n) is 23.8. The molecule has 0 atom stereocenters. The summed E-state index contributed by atoms with van der Waals surface area (Å²) < 4.78 is 13.1. The standard InChI is InChI=1S/C56H38N4.C45H38BN3O2.C17H12ClN/c1-5-15-39(16-6-1)41-25-27-43(28-26-41)48-35-49(47-33-34-53(57-38-47)52-24-14-13-23-51(52)44-19-9-3-10-20-44)37-50(36-48)56-59-54(45-21-11-4-12-22-45)58-55(60-56)46-31-29-42(30-32-46)40-17-7-2-8-18-40;1-44(2)45(3,4)51-46(50-44)40-29-38(35-22-20-33(21-23-35)31-14-8-5-9-15-31)28-39(30-40)43-48-41(36-18-12-7-13-19-36)47-42(49-43)37-26-24-34(25-27-37)32-16-10-6-11-17-32;18-14-10-11-17(19-12-14)16-9-5-4-8-15(16)13-6-2-1-3-7-13/h1-38H;5-30H,1-4H3;1-12H. The van der Waals surface area contributed by atoms with Crippen molar-refractivity contribution in [3.8, 4) is 191 Å². The van der Waals surface area contributed by atoms with Crippen LogP contribution >= 0.6 is 11.6 Å². The quantitative estimate of drug-likeness (QED) is 0.0768. The van der Waals surface area contributed by atoms with E-state index in [1.54, 1.807) is 6.20 Å². The van der Waals surface area contributed by atoms with E-state index < -0.39 is 18.3 Å². The van der Waals surface area contributed by atoms with Crippen LogP contribution in [0.3, 0.4) is 0 Å². The van der Waals surface area contributed by atoms with Gasteiger partial charge in [0.25, 0.3) is 0 Å². The van der Waals surface area contributed by atoms with Gasteiger partial charge in [-0.15, -0.1) is 0 Å². The third kappa shape index (κ3) is 19.1. The SMILES string of the molecule is CC1(C)OB(c2cc(-c3ccc(-c4ccccc4)cc3)cc(-c3nc(-c4ccccc4)nc(-c4ccc(-c5ccccc5)cc4)n3)c2)OC1(C)C.Clc1ccc(-c2ccccc2-c2ccccc2)nc1.c1ccc(-c2ccc(-c3cc(-c4ccc(-c5ccccc5-c5ccccc5)nc4)cc(-c4nc(-c5ccccc5)nc(-c5ccc(-c6ccccc6)cc5)n4)c3)cc2)cc1. The Morgan fingerprint density at radius 2 is 0.408 bits per heavy atom. The van der Waals surface area contributed by atoms with Crippen LogP contribution in [0.5, 0.6) is 0 Å². The highest BCUT2D eigenvalue weighted by atomic mass is 35.5. The van der Waals surface area contributed by atoms with Crippen molar-refractivity contribution in [2.45, 2.75) is 38.9 Å². The smallest absolute Gasteiger partial charge is 0.399 e. The summed E-state index contributed by atoms with van der Waals surface area (Å²) in [5.74, 6) is 3.61. The fourth-order valence-corrected chi connectivity index (χ4v) is 16.2. The minimum absolute atomic E-state index is 0.488. The Kier molecular flexibility index (Phi) is 24.5. The predicted molar refractivity (Wildman–Crippen MR) is 535 cm³/mol. The molecule has 0 spiro atoms. The average Bonchev–Trinajstić information content (AvgIpc) is 1.66. The molecule has 0 bridgehead atoms. The maximum atomic E-state index is 6.57. The number of pyridine rings is 2. The highest BCUT2D eigenvalue weighted by Crippen LogP contribution is 2.42. The lowest BCUT2D eigenvalue weighted by atomic mass is 9.76. The Morgan fingerprint density at radius 3 is 0.723 bits per heavy atom. The molecule has 130 heavy (non-hydrogen) atoms. The van der Waals surface area contributed by atoms with Crippen LogP contribution in [0.25, 0.3) is 191 Å². The first-order chi connectivity index (χ1) is 63.8. The Bertz CT molecular complexity index is 7250. The third-order valence-corrected chi connectivity index (χ3v) is 24.0. The summed E-state index contributed by atoms with van der Waals surface area (Å²) in [6, 6.07) is 155. The number of nitrogens with zero attached hydrogens (tertiary/aromatic N) is 8. The second-order valence-corrected chi connectivity index (χ2v) is 33.4. The summed E-state index contributed by atoms with van der Waals surface area (Å²) in [5.41, 5.74) is 29.6. The molecule has 0 saturated carbocycles. The largest absolute Gasteiger partial charge is 0.494 e. The van der Waals surface area contributed by atoms with Crippen molar-refractivity contribution in [2.75, 3.05) is 0 Å². The van der Waals surface area contributed by atoms with Crippen molar-refractivity contribution in [3.05, 3.63) is 466 Å². The Morgan fingerprint density at radius 1 is 0.192 bits per heavy atom. The van der Waals surface area contributed by atoms with Gasteiger partial charge in [0.2, 0.25) is 0 Å². The number of halogens is 1. The zero-order valence-corrected chi connectivity index (χ0v) is 73.0. The van der Waals surface area contributed by atoms with Crippen LogP contribution in [-0.4, -0.2) is 58.2 Å². The van der Waals surface area contributed by atoms with Gasteiger partial charge in [0.05, 0.1) is 27.6 Å². The minimum atomic E-state index is -0.558. The highest BCUT2D eigenvalue weighted by molar-refractivity contribution is 6.62. The zero-order chi connectivity index (χ0) is 88.2. The Balaban J connectivity index is 0.000000141. The Labute approximate surface area is 764 Å². The first-order valence-electron chi connectivity index (χ1n) is 43.6. The van der Waals surface area contributed by atoms with Gasteiger partial charge in [-0.05, 0) is 170 Å². The Hall–Kier alpha value is -15.9.